The summed E-state index contributed by atoms with van der Waals surface area (Å²) in [4.78, 5) is 14.2. The van der Waals surface area contributed by atoms with Gasteiger partial charge in [-0.1, -0.05) is 23.2 Å². The highest BCUT2D eigenvalue weighted by atomic mass is 35.5. The molecule has 0 radical (unpaired) electrons. The second-order valence-corrected chi connectivity index (χ2v) is 8.01. The van der Waals surface area contributed by atoms with Crippen molar-refractivity contribution < 1.29 is 4.79 Å². The highest BCUT2D eigenvalue weighted by Gasteiger charge is 2.17. The largest absolute Gasteiger partial charge is 0.370 e. The molecule has 1 heterocycles. The molecule has 4 nitrogen and oxygen atoms in total. The fraction of sp³-hybridized carbons (Fsp3) is 0.350. The first-order valence-corrected chi connectivity index (χ1v) is 10.3. The van der Waals surface area contributed by atoms with Crippen LogP contribution in [0.4, 0.5) is 17.1 Å². The molecule has 0 spiro atoms. The van der Waals surface area contributed by atoms with E-state index in [1.807, 2.05) is 18.2 Å². The summed E-state index contributed by atoms with van der Waals surface area (Å²) < 4.78 is 0. The number of hydrogen-bond acceptors (Lipinski definition) is 5. The lowest BCUT2D eigenvalue weighted by Crippen LogP contribution is -2.31. The van der Waals surface area contributed by atoms with Crippen LogP contribution in [0.15, 0.2) is 36.4 Å². The maximum absolute atomic E-state index is 11.8. The third-order valence-corrected chi connectivity index (χ3v) is 5.44. The molecule has 2 N–H and O–H groups in total. The predicted octanol–water partition coefficient (Wildman–Crippen LogP) is 5.92. The van der Waals surface area contributed by atoms with Gasteiger partial charge in [-0.15, -0.1) is 12.6 Å². The normalized spacial score (nSPS) is 15.3. The van der Waals surface area contributed by atoms with E-state index in [0.717, 1.165) is 24.5 Å². The Kier molecular flexibility index (Phi) is 6.79. The third kappa shape index (κ3) is 5.24. The number of anilines is 3. The molecule has 1 fully saturated rings. The third-order valence-electron chi connectivity index (χ3n) is 4.61. The Balaban J connectivity index is 1.83. The standard InChI is InChI=1S/C20H23Cl2N3OS/c1-13(26)14-5-8-19(25-9-3-2-4-10-25)18(11-14)24-20(27)23-17-12-15(21)6-7-16(17)22/h5-8,11-12,20,23-24,27H,2-4,9-10H2,1H3. The molecule has 1 atom stereocenters. The van der Waals surface area contributed by atoms with Crippen LogP contribution in [0.5, 0.6) is 0 Å². The van der Waals surface area contributed by atoms with Gasteiger partial charge in [0, 0.05) is 23.7 Å². The number of benzene rings is 2. The molecule has 0 aromatic heterocycles. The minimum absolute atomic E-state index is 0.0322. The molecule has 1 unspecified atom stereocenters. The molecule has 7 heteroatoms. The van der Waals surface area contributed by atoms with Crippen molar-refractivity contribution in [1.82, 2.24) is 0 Å². The first-order valence-electron chi connectivity index (χ1n) is 9.00. The van der Waals surface area contributed by atoms with E-state index in [4.69, 9.17) is 23.2 Å². The molecule has 1 saturated heterocycles. The van der Waals surface area contributed by atoms with Gasteiger partial charge in [0.2, 0.25) is 0 Å². The number of hydrogen-bond donors (Lipinski definition) is 3. The van der Waals surface area contributed by atoms with Crippen molar-refractivity contribution in [3.8, 4) is 0 Å². The number of carbonyl (C=O) groups is 1. The van der Waals surface area contributed by atoms with E-state index in [9.17, 15) is 4.79 Å². The average molecular weight is 424 g/mol. The number of rotatable bonds is 6. The summed E-state index contributed by atoms with van der Waals surface area (Å²) in [5, 5.41) is 7.72. The van der Waals surface area contributed by atoms with Crippen molar-refractivity contribution in [2.45, 2.75) is 31.7 Å². The Labute approximate surface area is 175 Å². The summed E-state index contributed by atoms with van der Waals surface area (Å²) in [7, 11) is 0. The fourth-order valence-corrected chi connectivity index (χ4v) is 3.84. The number of nitrogens with one attached hydrogen (secondary N) is 2. The SMILES string of the molecule is CC(=O)c1ccc(N2CCCCC2)c(NC(S)Nc2cc(Cl)ccc2Cl)c1. The minimum atomic E-state index is -0.410. The molecule has 0 bridgehead atoms. The molecule has 2 aromatic rings. The van der Waals surface area contributed by atoms with Gasteiger partial charge in [0.1, 0.15) is 5.50 Å². The van der Waals surface area contributed by atoms with E-state index >= 15 is 0 Å². The number of piperidine rings is 1. The van der Waals surface area contributed by atoms with Crippen molar-refractivity contribution in [3.63, 3.8) is 0 Å². The van der Waals surface area contributed by atoms with Crippen molar-refractivity contribution >= 4 is 58.7 Å². The molecule has 0 amide bonds. The van der Waals surface area contributed by atoms with Crippen molar-refractivity contribution in [3.05, 3.63) is 52.0 Å². The maximum Gasteiger partial charge on any atom is 0.159 e. The summed E-state index contributed by atoms with van der Waals surface area (Å²) in [6, 6.07) is 11.0. The Morgan fingerprint density at radius 2 is 1.74 bits per heavy atom. The van der Waals surface area contributed by atoms with Crippen molar-refractivity contribution in [1.29, 1.82) is 0 Å². The molecular weight excluding hydrogens is 401 g/mol. The molecule has 3 rings (SSSR count). The topological polar surface area (TPSA) is 44.4 Å². The molecule has 1 aliphatic rings. The Hall–Kier alpha value is -1.56. The van der Waals surface area contributed by atoms with Crippen LogP contribution in [-0.2, 0) is 0 Å². The highest BCUT2D eigenvalue weighted by molar-refractivity contribution is 7.81. The first kappa shape index (κ1) is 20.2. The first-order chi connectivity index (χ1) is 12.9. The monoisotopic (exact) mass is 423 g/mol. The number of thiol groups is 1. The Morgan fingerprint density at radius 1 is 1.04 bits per heavy atom. The number of Topliss-reactive ketones (excluding diaryl/α,β-unsaturated/α-hetero) is 1. The maximum atomic E-state index is 11.8. The lowest BCUT2D eigenvalue weighted by molar-refractivity contribution is 0.101. The molecule has 144 valence electrons. The molecule has 0 aliphatic carbocycles. The zero-order chi connectivity index (χ0) is 19.4. The minimum Gasteiger partial charge on any atom is -0.370 e. The van der Waals surface area contributed by atoms with E-state index in [-0.39, 0.29) is 5.78 Å². The second-order valence-electron chi connectivity index (χ2n) is 6.65. The predicted molar refractivity (Wildman–Crippen MR) is 119 cm³/mol. The Morgan fingerprint density at radius 3 is 2.44 bits per heavy atom. The molecule has 2 aromatic carbocycles. The number of ketones is 1. The number of nitrogens with zero attached hydrogens (tertiary/aromatic N) is 1. The van der Waals surface area contributed by atoms with Gasteiger partial charge in [-0.05, 0) is 62.6 Å². The zero-order valence-electron chi connectivity index (χ0n) is 15.1. The summed E-state index contributed by atoms with van der Waals surface area (Å²) in [5.41, 5.74) is 2.90. The van der Waals surface area contributed by atoms with Crippen LogP contribution < -0.4 is 15.5 Å². The second kappa shape index (κ2) is 9.09. The van der Waals surface area contributed by atoms with Gasteiger partial charge >= 0.3 is 0 Å². The van der Waals surface area contributed by atoms with Crippen molar-refractivity contribution in [2.24, 2.45) is 0 Å². The van der Waals surface area contributed by atoms with Gasteiger partial charge in [-0.3, -0.25) is 4.79 Å². The summed E-state index contributed by atoms with van der Waals surface area (Å²) in [5.74, 6) is 0.0322. The molecule has 0 saturated carbocycles. The van der Waals surface area contributed by atoms with Gasteiger partial charge in [-0.25, -0.2) is 0 Å². The van der Waals surface area contributed by atoms with Crippen LogP contribution >= 0.6 is 35.8 Å². The van der Waals surface area contributed by atoms with E-state index in [1.165, 1.54) is 19.3 Å². The average Bonchev–Trinajstić information content (AvgIpc) is 2.65. The van der Waals surface area contributed by atoms with Crippen molar-refractivity contribution in [2.75, 3.05) is 28.6 Å². The lowest BCUT2D eigenvalue weighted by Gasteiger charge is -2.32. The van der Waals surface area contributed by atoms with Crippen LogP contribution in [0.2, 0.25) is 10.0 Å². The zero-order valence-corrected chi connectivity index (χ0v) is 17.5. The number of halogens is 2. The van der Waals surface area contributed by atoms with Crippen LogP contribution in [0, 0.1) is 0 Å². The molecular formula is C20H23Cl2N3OS. The highest BCUT2D eigenvalue weighted by Crippen LogP contribution is 2.32. The smallest absolute Gasteiger partial charge is 0.159 e. The summed E-state index contributed by atoms with van der Waals surface area (Å²) >= 11 is 16.9. The van der Waals surface area contributed by atoms with E-state index in [1.54, 1.807) is 25.1 Å². The quantitative estimate of drug-likeness (QED) is 0.306. The summed E-state index contributed by atoms with van der Waals surface area (Å²) in [6.45, 7) is 3.60. The molecule has 27 heavy (non-hydrogen) atoms. The van der Waals surface area contributed by atoms with Gasteiger partial charge < -0.3 is 15.5 Å². The fourth-order valence-electron chi connectivity index (χ4n) is 3.22. The van der Waals surface area contributed by atoms with Crippen LogP contribution in [-0.4, -0.2) is 24.4 Å². The number of carbonyl (C=O) groups excluding carboxylic acids is 1. The lowest BCUT2D eigenvalue weighted by atomic mass is 10.1. The van der Waals surface area contributed by atoms with E-state index in [2.05, 4.69) is 28.2 Å². The van der Waals surface area contributed by atoms with Gasteiger partial charge in [0.05, 0.1) is 22.1 Å². The van der Waals surface area contributed by atoms with Crippen LogP contribution in [0.3, 0.4) is 0 Å². The Bertz CT molecular complexity index is 825. The molecule has 1 aliphatic heterocycles. The van der Waals surface area contributed by atoms with Gasteiger partial charge in [0.25, 0.3) is 0 Å². The van der Waals surface area contributed by atoms with E-state index in [0.29, 0.717) is 21.3 Å². The van der Waals surface area contributed by atoms with Gasteiger partial charge in [-0.2, -0.15) is 0 Å². The summed E-state index contributed by atoms with van der Waals surface area (Å²) in [6.07, 6.45) is 3.61. The van der Waals surface area contributed by atoms with Crippen LogP contribution in [0.25, 0.3) is 0 Å². The van der Waals surface area contributed by atoms with E-state index < -0.39 is 5.50 Å². The van der Waals surface area contributed by atoms with Gasteiger partial charge in [0.15, 0.2) is 5.78 Å². The van der Waals surface area contributed by atoms with Crippen LogP contribution in [0.1, 0.15) is 36.5 Å².